The number of nitrogens with two attached hydrogens (primary N) is 1. The summed E-state index contributed by atoms with van der Waals surface area (Å²) in [6, 6.07) is 2.21. The third kappa shape index (κ3) is 2.52. The van der Waals surface area contributed by atoms with E-state index in [0.717, 1.165) is 31.4 Å². The Balaban J connectivity index is 1.87. The predicted molar refractivity (Wildman–Crippen MR) is 77.8 cm³/mol. The van der Waals surface area contributed by atoms with Gasteiger partial charge in [-0.1, -0.05) is 6.92 Å². The van der Waals surface area contributed by atoms with Gasteiger partial charge in [-0.15, -0.1) is 0 Å². The maximum absolute atomic E-state index is 12.7. The van der Waals surface area contributed by atoms with Crippen LogP contribution in [0.3, 0.4) is 0 Å². The largest absolute Gasteiger partial charge is 0.346 e. The van der Waals surface area contributed by atoms with Crippen molar-refractivity contribution in [3.63, 3.8) is 0 Å². The second-order valence-electron chi connectivity index (χ2n) is 6.10. The van der Waals surface area contributed by atoms with E-state index in [0.29, 0.717) is 36.5 Å². The van der Waals surface area contributed by atoms with Crippen molar-refractivity contribution in [1.29, 1.82) is 0 Å². The molecular formula is C14H23N3O2S. The van der Waals surface area contributed by atoms with E-state index >= 15 is 0 Å². The van der Waals surface area contributed by atoms with Crippen molar-refractivity contribution < 1.29 is 8.42 Å². The molecular weight excluding hydrogens is 274 g/mol. The van der Waals surface area contributed by atoms with Crippen molar-refractivity contribution in [3.8, 4) is 0 Å². The molecule has 3 rings (SSSR count). The van der Waals surface area contributed by atoms with Gasteiger partial charge in [0.2, 0.25) is 10.0 Å². The summed E-state index contributed by atoms with van der Waals surface area (Å²) in [7, 11) is -3.35. The van der Waals surface area contributed by atoms with Crippen LogP contribution in [0.4, 0.5) is 0 Å². The summed E-state index contributed by atoms with van der Waals surface area (Å²) >= 11 is 0. The number of piperidine rings is 1. The highest BCUT2D eigenvalue weighted by molar-refractivity contribution is 7.89. The van der Waals surface area contributed by atoms with Crippen LogP contribution in [0.2, 0.25) is 0 Å². The van der Waals surface area contributed by atoms with Crippen LogP contribution in [0.25, 0.3) is 0 Å². The zero-order chi connectivity index (χ0) is 14.3. The van der Waals surface area contributed by atoms with Crippen LogP contribution < -0.4 is 5.73 Å². The molecule has 1 aliphatic carbocycles. The highest BCUT2D eigenvalue weighted by Crippen LogP contribution is 2.37. The Labute approximate surface area is 120 Å². The van der Waals surface area contributed by atoms with Gasteiger partial charge >= 0.3 is 0 Å². The molecule has 1 aromatic heterocycles. The molecule has 20 heavy (non-hydrogen) atoms. The van der Waals surface area contributed by atoms with Crippen molar-refractivity contribution in [2.45, 2.75) is 50.1 Å². The van der Waals surface area contributed by atoms with Crippen molar-refractivity contribution in [2.24, 2.45) is 11.7 Å². The van der Waals surface area contributed by atoms with E-state index in [2.05, 4.69) is 11.5 Å². The van der Waals surface area contributed by atoms with Gasteiger partial charge in [0.15, 0.2) is 0 Å². The van der Waals surface area contributed by atoms with Gasteiger partial charge in [-0.25, -0.2) is 8.42 Å². The quantitative estimate of drug-likeness (QED) is 0.919. The first-order chi connectivity index (χ1) is 9.52. The van der Waals surface area contributed by atoms with Crippen LogP contribution in [-0.4, -0.2) is 30.4 Å². The van der Waals surface area contributed by atoms with Crippen LogP contribution >= 0.6 is 0 Å². The molecule has 1 saturated heterocycles. The second kappa shape index (κ2) is 5.16. The maximum atomic E-state index is 12.7. The fourth-order valence-corrected chi connectivity index (χ4v) is 4.39. The Bertz CT molecular complexity index is 582. The molecule has 0 unspecified atom stereocenters. The summed E-state index contributed by atoms with van der Waals surface area (Å²) in [4.78, 5) is 0.416. The lowest BCUT2D eigenvalue weighted by Gasteiger charge is -2.29. The number of aromatic nitrogens is 1. The first-order valence-electron chi connectivity index (χ1n) is 7.43. The van der Waals surface area contributed by atoms with Gasteiger partial charge in [0, 0.05) is 37.6 Å². The minimum absolute atomic E-state index is 0.392. The second-order valence-corrected chi connectivity index (χ2v) is 8.03. The molecule has 0 radical (unpaired) electrons. The fourth-order valence-electron chi connectivity index (χ4n) is 2.87. The lowest BCUT2D eigenvalue weighted by atomic mass is 10.0. The standard InChI is InChI=1S/C14H23N3O2S/c1-11-4-6-16(7-5-11)20(18,19)14-8-13(9-15)17(10-14)12-2-3-12/h8,10-12H,2-7,9,15H2,1H3. The van der Waals surface area contributed by atoms with Crippen LogP contribution in [0.15, 0.2) is 17.2 Å². The molecule has 6 heteroatoms. The van der Waals surface area contributed by atoms with Gasteiger partial charge in [0.25, 0.3) is 0 Å². The average molecular weight is 297 g/mol. The zero-order valence-electron chi connectivity index (χ0n) is 12.0. The Morgan fingerprint density at radius 3 is 2.45 bits per heavy atom. The van der Waals surface area contributed by atoms with E-state index < -0.39 is 10.0 Å². The third-order valence-corrected chi connectivity index (χ3v) is 6.30. The topological polar surface area (TPSA) is 68.3 Å². The third-order valence-electron chi connectivity index (χ3n) is 4.44. The van der Waals surface area contributed by atoms with E-state index in [1.54, 1.807) is 16.6 Å². The normalized spacial score (nSPS) is 22.3. The number of nitrogens with zero attached hydrogens (tertiary/aromatic N) is 2. The fraction of sp³-hybridized carbons (Fsp3) is 0.714. The predicted octanol–water partition coefficient (Wildman–Crippen LogP) is 1.70. The number of sulfonamides is 1. The molecule has 5 nitrogen and oxygen atoms in total. The molecule has 2 N–H and O–H groups in total. The molecule has 0 atom stereocenters. The van der Waals surface area contributed by atoms with Gasteiger partial charge in [0.05, 0.1) is 0 Å². The smallest absolute Gasteiger partial charge is 0.244 e. The number of rotatable bonds is 4. The van der Waals surface area contributed by atoms with Gasteiger partial charge in [-0.05, 0) is 37.7 Å². The molecule has 0 bridgehead atoms. The van der Waals surface area contributed by atoms with Crippen LogP contribution in [0.5, 0.6) is 0 Å². The number of hydrogen-bond acceptors (Lipinski definition) is 3. The first-order valence-corrected chi connectivity index (χ1v) is 8.87. The SMILES string of the molecule is CC1CCN(S(=O)(=O)c2cc(CN)n(C3CC3)c2)CC1. The zero-order valence-corrected chi connectivity index (χ0v) is 12.8. The Morgan fingerprint density at radius 2 is 1.90 bits per heavy atom. The van der Waals surface area contributed by atoms with Gasteiger partial charge in [0.1, 0.15) is 4.90 Å². The summed E-state index contributed by atoms with van der Waals surface area (Å²) < 4.78 is 29.1. The molecule has 112 valence electrons. The summed E-state index contributed by atoms with van der Waals surface area (Å²) in [6.45, 7) is 3.84. The van der Waals surface area contributed by atoms with Crippen LogP contribution in [-0.2, 0) is 16.6 Å². The minimum Gasteiger partial charge on any atom is -0.346 e. The minimum atomic E-state index is -3.35. The molecule has 0 amide bonds. The molecule has 0 aromatic carbocycles. The summed E-state index contributed by atoms with van der Waals surface area (Å²) in [5, 5.41) is 0. The highest BCUT2D eigenvalue weighted by atomic mass is 32.2. The van der Waals surface area contributed by atoms with Gasteiger partial charge in [-0.2, -0.15) is 4.31 Å². The summed E-state index contributed by atoms with van der Waals surface area (Å²) in [5.74, 6) is 0.622. The Morgan fingerprint density at radius 1 is 1.25 bits per heavy atom. The lowest BCUT2D eigenvalue weighted by Crippen LogP contribution is -2.37. The van der Waals surface area contributed by atoms with E-state index in [1.165, 1.54) is 0 Å². The Kier molecular flexibility index (Phi) is 3.64. The molecule has 2 heterocycles. The molecule has 1 saturated carbocycles. The van der Waals surface area contributed by atoms with E-state index in [4.69, 9.17) is 5.73 Å². The van der Waals surface area contributed by atoms with E-state index in [9.17, 15) is 8.42 Å². The van der Waals surface area contributed by atoms with Gasteiger partial charge < -0.3 is 10.3 Å². The summed E-state index contributed by atoms with van der Waals surface area (Å²) in [5.41, 5.74) is 6.67. The van der Waals surface area contributed by atoms with Crippen molar-refractivity contribution in [1.82, 2.24) is 8.87 Å². The van der Waals surface area contributed by atoms with Crippen molar-refractivity contribution in [3.05, 3.63) is 18.0 Å². The lowest BCUT2D eigenvalue weighted by molar-refractivity contribution is 0.288. The van der Waals surface area contributed by atoms with Crippen LogP contribution in [0.1, 0.15) is 44.3 Å². The molecule has 2 fully saturated rings. The van der Waals surface area contributed by atoms with Gasteiger partial charge in [-0.3, -0.25) is 0 Å². The maximum Gasteiger partial charge on any atom is 0.244 e. The van der Waals surface area contributed by atoms with Crippen molar-refractivity contribution in [2.75, 3.05) is 13.1 Å². The van der Waals surface area contributed by atoms with Crippen molar-refractivity contribution >= 4 is 10.0 Å². The average Bonchev–Trinajstić information content (AvgIpc) is 3.18. The van der Waals surface area contributed by atoms with E-state index in [1.807, 2.05) is 0 Å². The molecule has 2 aliphatic rings. The highest BCUT2D eigenvalue weighted by Gasteiger charge is 2.32. The molecule has 0 spiro atoms. The molecule has 1 aliphatic heterocycles. The monoisotopic (exact) mass is 297 g/mol. The number of hydrogen-bond donors (Lipinski definition) is 1. The Hall–Kier alpha value is -0.850. The van der Waals surface area contributed by atoms with E-state index in [-0.39, 0.29) is 0 Å². The first kappa shape index (κ1) is 14.1. The molecule has 1 aromatic rings. The van der Waals surface area contributed by atoms with Crippen LogP contribution in [0, 0.1) is 5.92 Å². The summed E-state index contributed by atoms with van der Waals surface area (Å²) in [6.07, 6.45) is 5.94.